The van der Waals surface area contributed by atoms with Gasteiger partial charge in [0.1, 0.15) is 10.6 Å². The molecule has 3 nitrogen and oxygen atoms in total. The van der Waals surface area contributed by atoms with Crippen molar-refractivity contribution in [3.63, 3.8) is 0 Å². The Morgan fingerprint density at radius 1 is 1.00 bits per heavy atom. The number of hydrogen-bond acceptors (Lipinski definition) is 2. The Morgan fingerprint density at radius 3 is 2.35 bits per heavy atom. The van der Waals surface area contributed by atoms with Crippen LogP contribution in [0.2, 0.25) is 0 Å². The van der Waals surface area contributed by atoms with E-state index in [0.717, 1.165) is 5.69 Å². The van der Waals surface area contributed by atoms with E-state index >= 15 is 0 Å². The quantitative estimate of drug-likeness (QED) is 0.902. The summed E-state index contributed by atoms with van der Waals surface area (Å²) in [4.78, 5) is 0.638. The first kappa shape index (κ1) is 11.7. The average molecular weight is 247 g/mol. The molecule has 88 valence electrons. The highest BCUT2D eigenvalue weighted by Gasteiger charge is 2.09. The van der Waals surface area contributed by atoms with Gasteiger partial charge in [0.2, 0.25) is 0 Å². The lowest BCUT2D eigenvalue weighted by Crippen LogP contribution is -2.06. The van der Waals surface area contributed by atoms with E-state index in [1.54, 1.807) is 19.2 Å². The highest BCUT2D eigenvalue weighted by atomic mass is 32.2. The minimum absolute atomic E-state index is 0.620. The van der Waals surface area contributed by atoms with Crippen molar-refractivity contribution in [2.45, 2.75) is 4.90 Å². The lowest BCUT2D eigenvalue weighted by molar-refractivity contribution is 0.404. The first-order valence-corrected chi connectivity index (χ1v) is 6.33. The first-order chi connectivity index (χ1) is 8.31. The van der Waals surface area contributed by atoms with E-state index in [0.29, 0.717) is 10.6 Å². The molecule has 0 spiro atoms. The van der Waals surface area contributed by atoms with Gasteiger partial charge in [0, 0.05) is 5.69 Å². The molecule has 0 amide bonds. The molecule has 0 aliphatic rings. The third kappa shape index (κ3) is 2.85. The van der Waals surface area contributed by atoms with Crippen LogP contribution in [0, 0.1) is 0 Å². The van der Waals surface area contributed by atoms with Crippen LogP contribution in [0.4, 0.5) is 5.69 Å². The standard InChI is InChI=1S/C13H13NO2S/c1-16-12-9-5-6-10-13(12)17(15)14-11-7-3-2-4-8-11/h2-10,14H,1H3/t17-/m0/s1. The second kappa shape index (κ2) is 5.50. The van der Waals surface area contributed by atoms with E-state index in [1.807, 2.05) is 42.5 Å². The van der Waals surface area contributed by atoms with Crippen LogP contribution in [0.25, 0.3) is 0 Å². The molecule has 1 atom stereocenters. The predicted molar refractivity (Wildman–Crippen MR) is 69.5 cm³/mol. The topological polar surface area (TPSA) is 38.3 Å². The molecule has 2 aromatic carbocycles. The summed E-state index contributed by atoms with van der Waals surface area (Å²) in [5.74, 6) is 0.620. The van der Waals surface area contributed by atoms with E-state index in [4.69, 9.17) is 4.74 Å². The number of rotatable bonds is 4. The SMILES string of the molecule is COc1ccccc1[S@](=O)Nc1ccccc1. The molecular formula is C13H13NO2S. The van der Waals surface area contributed by atoms with E-state index in [2.05, 4.69) is 4.72 Å². The Kier molecular flexibility index (Phi) is 3.77. The van der Waals surface area contributed by atoms with Crippen molar-refractivity contribution in [1.82, 2.24) is 0 Å². The maximum absolute atomic E-state index is 12.1. The van der Waals surface area contributed by atoms with Gasteiger partial charge >= 0.3 is 0 Å². The fourth-order valence-electron chi connectivity index (χ4n) is 1.44. The molecule has 0 aliphatic carbocycles. The van der Waals surface area contributed by atoms with E-state index in [9.17, 15) is 4.21 Å². The summed E-state index contributed by atoms with van der Waals surface area (Å²) in [6.45, 7) is 0. The highest BCUT2D eigenvalue weighted by Crippen LogP contribution is 2.22. The molecule has 1 N–H and O–H groups in total. The van der Waals surface area contributed by atoms with E-state index in [1.165, 1.54) is 0 Å². The van der Waals surface area contributed by atoms with Gasteiger partial charge in [0.15, 0.2) is 11.0 Å². The second-order valence-electron chi connectivity index (χ2n) is 3.39. The van der Waals surface area contributed by atoms with Crippen molar-refractivity contribution in [2.24, 2.45) is 0 Å². The zero-order valence-electron chi connectivity index (χ0n) is 9.42. The van der Waals surface area contributed by atoms with Gasteiger partial charge in [-0.1, -0.05) is 30.3 Å². The Labute approximate surface area is 103 Å². The van der Waals surface area contributed by atoms with Crippen molar-refractivity contribution in [3.8, 4) is 5.75 Å². The molecule has 0 radical (unpaired) electrons. The summed E-state index contributed by atoms with van der Waals surface area (Å²) >= 11 is 0. The van der Waals surface area contributed by atoms with Crippen molar-refractivity contribution >= 4 is 16.7 Å². The number of ether oxygens (including phenoxy) is 1. The third-order valence-electron chi connectivity index (χ3n) is 2.25. The monoisotopic (exact) mass is 247 g/mol. The fourth-order valence-corrected chi connectivity index (χ4v) is 2.44. The molecule has 0 saturated carbocycles. The van der Waals surface area contributed by atoms with Crippen molar-refractivity contribution in [2.75, 3.05) is 11.8 Å². The van der Waals surface area contributed by atoms with Crippen LogP contribution in [-0.2, 0) is 11.0 Å². The van der Waals surface area contributed by atoms with E-state index in [-0.39, 0.29) is 0 Å². The van der Waals surface area contributed by atoms with Gasteiger partial charge in [-0.2, -0.15) is 0 Å². The number of anilines is 1. The van der Waals surface area contributed by atoms with Crippen LogP contribution in [0.1, 0.15) is 0 Å². The van der Waals surface area contributed by atoms with Crippen molar-refractivity contribution in [3.05, 3.63) is 54.6 Å². The molecule has 0 fully saturated rings. The largest absolute Gasteiger partial charge is 0.495 e. The summed E-state index contributed by atoms with van der Waals surface area (Å²) in [5.41, 5.74) is 0.816. The summed E-state index contributed by atoms with van der Waals surface area (Å²) in [7, 11) is 0.247. The molecule has 0 heterocycles. The average Bonchev–Trinajstić information content (AvgIpc) is 2.40. The van der Waals surface area contributed by atoms with Crippen LogP contribution in [0.5, 0.6) is 5.75 Å². The van der Waals surface area contributed by atoms with Crippen LogP contribution >= 0.6 is 0 Å². The predicted octanol–water partition coefficient (Wildman–Crippen LogP) is 2.83. The molecule has 0 unspecified atom stereocenters. The number of methoxy groups -OCH3 is 1. The fraction of sp³-hybridized carbons (Fsp3) is 0.0769. The molecule has 2 aromatic rings. The Balaban J connectivity index is 2.20. The van der Waals surface area contributed by atoms with Crippen LogP contribution < -0.4 is 9.46 Å². The number of benzene rings is 2. The molecule has 4 heteroatoms. The van der Waals surface area contributed by atoms with Gasteiger partial charge in [-0.3, -0.25) is 0 Å². The number of nitrogens with one attached hydrogen (secondary N) is 1. The number of para-hydroxylation sites is 2. The normalized spacial score (nSPS) is 11.8. The second-order valence-corrected chi connectivity index (χ2v) is 4.57. The summed E-state index contributed by atoms with van der Waals surface area (Å²) in [6, 6.07) is 16.7. The minimum atomic E-state index is -1.32. The van der Waals surface area contributed by atoms with Crippen LogP contribution in [0.15, 0.2) is 59.5 Å². The lowest BCUT2D eigenvalue weighted by Gasteiger charge is -2.09. The molecule has 0 aliphatic heterocycles. The molecule has 2 rings (SSSR count). The minimum Gasteiger partial charge on any atom is -0.495 e. The van der Waals surface area contributed by atoms with Crippen molar-refractivity contribution in [1.29, 1.82) is 0 Å². The van der Waals surface area contributed by atoms with E-state index < -0.39 is 11.0 Å². The van der Waals surface area contributed by atoms with Crippen molar-refractivity contribution < 1.29 is 8.95 Å². The van der Waals surface area contributed by atoms with Gasteiger partial charge in [0.25, 0.3) is 0 Å². The van der Waals surface area contributed by atoms with Crippen LogP contribution in [-0.4, -0.2) is 11.3 Å². The number of hydrogen-bond donors (Lipinski definition) is 1. The maximum atomic E-state index is 12.1. The van der Waals surface area contributed by atoms with Gasteiger partial charge in [-0.25, -0.2) is 4.21 Å². The molecular weight excluding hydrogens is 234 g/mol. The van der Waals surface area contributed by atoms with Crippen LogP contribution in [0.3, 0.4) is 0 Å². The zero-order chi connectivity index (χ0) is 12.1. The van der Waals surface area contributed by atoms with Gasteiger partial charge in [0.05, 0.1) is 7.11 Å². The van der Waals surface area contributed by atoms with Gasteiger partial charge in [-0.15, -0.1) is 0 Å². The molecule has 0 bridgehead atoms. The summed E-state index contributed by atoms with van der Waals surface area (Å²) in [5, 5.41) is 0. The first-order valence-electron chi connectivity index (χ1n) is 5.18. The zero-order valence-corrected chi connectivity index (χ0v) is 10.2. The highest BCUT2D eigenvalue weighted by molar-refractivity contribution is 7.86. The van der Waals surface area contributed by atoms with Gasteiger partial charge in [-0.05, 0) is 24.3 Å². The lowest BCUT2D eigenvalue weighted by atomic mass is 10.3. The summed E-state index contributed by atoms with van der Waals surface area (Å²) in [6.07, 6.45) is 0. The Morgan fingerprint density at radius 2 is 1.65 bits per heavy atom. The summed E-state index contributed by atoms with van der Waals surface area (Å²) < 4.78 is 20.2. The Bertz CT molecular complexity index is 514. The Hall–Kier alpha value is -1.81. The molecule has 0 aromatic heterocycles. The molecule has 17 heavy (non-hydrogen) atoms. The molecule has 0 saturated heterocycles. The smallest absolute Gasteiger partial charge is 0.154 e. The van der Waals surface area contributed by atoms with Gasteiger partial charge < -0.3 is 9.46 Å². The maximum Gasteiger partial charge on any atom is 0.154 e. The third-order valence-corrected chi connectivity index (χ3v) is 3.41.